The van der Waals surface area contributed by atoms with Crippen LogP contribution in [0.4, 0.5) is 5.69 Å². The number of nitrogens with one attached hydrogen (secondary N) is 2. The zero-order valence-electron chi connectivity index (χ0n) is 16.9. The van der Waals surface area contributed by atoms with Crippen LogP contribution in [-0.2, 0) is 4.74 Å². The molecule has 3 heterocycles. The molecule has 0 radical (unpaired) electrons. The number of aromatic amines is 2. The smallest absolute Gasteiger partial charge is 0.261 e. The number of H-pyrrole nitrogens is 2. The number of hydrogen-bond donors (Lipinski definition) is 4. The second kappa shape index (κ2) is 7.93. The van der Waals surface area contributed by atoms with Gasteiger partial charge in [-0.3, -0.25) is 9.69 Å². The lowest BCUT2D eigenvalue weighted by Gasteiger charge is -2.26. The Kier molecular flexibility index (Phi) is 4.97. The number of nitrogen functional groups attached to an aromatic ring is 1. The summed E-state index contributed by atoms with van der Waals surface area (Å²) in [4.78, 5) is 25.6. The van der Waals surface area contributed by atoms with E-state index >= 15 is 0 Å². The number of nitrogens with zero attached hydrogens (tertiary/aromatic N) is 2. The lowest BCUT2D eigenvalue weighted by molar-refractivity contribution is 0.0322. The molecule has 5 rings (SSSR count). The largest absolute Gasteiger partial charge is 0.504 e. The van der Waals surface area contributed by atoms with Gasteiger partial charge in [0.25, 0.3) is 5.56 Å². The first-order valence-corrected chi connectivity index (χ1v) is 10.2. The van der Waals surface area contributed by atoms with Gasteiger partial charge in [-0.05, 0) is 24.3 Å². The highest BCUT2D eigenvalue weighted by Crippen LogP contribution is 2.39. The van der Waals surface area contributed by atoms with Gasteiger partial charge in [0.1, 0.15) is 18.0 Å². The third-order valence-electron chi connectivity index (χ3n) is 5.53. The number of morpholine rings is 1. The van der Waals surface area contributed by atoms with Crippen molar-refractivity contribution in [2.24, 2.45) is 0 Å². The van der Waals surface area contributed by atoms with Crippen LogP contribution in [0.25, 0.3) is 33.3 Å². The summed E-state index contributed by atoms with van der Waals surface area (Å²) in [5.74, 6) is 0.574. The molecule has 9 heteroatoms. The molecule has 0 spiro atoms. The van der Waals surface area contributed by atoms with Crippen LogP contribution in [0.3, 0.4) is 0 Å². The average Bonchev–Trinajstić information content (AvgIpc) is 3.19. The van der Waals surface area contributed by atoms with E-state index in [0.29, 0.717) is 43.1 Å². The van der Waals surface area contributed by atoms with Gasteiger partial charge < -0.3 is 30.3 Å². The van der Waals surface area contributed by atoms with E-state index < -0.39 is 0 Å². The fourth-order valence-electron chi connectivity index (χ4n) is 3.93. The number of benzene rings is 2. The summed E-state index contributed by atoms with van der Waals surface area (Å²) in [7, 11) is 0. The third kappa shape index (κ3) is 3.58. The van der Waals surface area contributed by atoms with E-state index in [0.717, 1.165) is 24.1 Å². The van der Waals surface area contributed by atoms with Gasteiger partial charge in [-0.25, -0.2) is 4.98 Å². The van der Waals surface area contributed by atoms with Crippen LogP contribution in [0.15, 0.2) is 41.2 Å². The van der Waals surface area contributed by atoms with Gasteiger partial charge in [0.15, 0.2) is 11.5 Å². The van der Waals surface area contributed by atoms with Crippen molar-refractivity contribution >= 4 is 27.6 Å². The van der Waals surface area contributed by atoms with Crippen molar-refractivity contribution in [1.82, 2.24) is 19.9 Å². The Morgan fingerprint density at radius 1 is 1.13 bits per heavy atom. The lowest BCUT2D eigenvalue weighted by atomic mass is 10.1. The maximum atomic E-state index is 12.8. The quantitative estimate of drug-likeness (QED) is 0.388. The summed E-state index contributed by atoms with van der Waals surface area (Å²) in [6.45, 7) is 4.15. The van der Waals surface area contributed by atoms with Crippen LogP contribution in [0.2, 0.25) is 0 Å². The van der Waals surface area contributed by atoms with Gasteiger partial charge in [-0.2, -0.15) is 0 Å². The number of ether oxygens (including phenoxy) is 2. The maximum absolute atomic E-state index is 12.8. The topological polar surface area (TPSA) is 129 Å². The number of anilines is 1. The van der Waals surface area contributed by atoms with E-state index in [1.807, 2.05) is 24.3 Å². The fraction of sp³-hybridized carbons (Fsp3) is 0.273. The highest BCUT2D eigenvalue weighted by Gasteiger charge is 2.21. The molecule has 0 atom stereocenters. The molecule has 0 amide bonds. The van der Waals surface area contributed by atoms with Crippen molar-refractivity contribution in [3.63, 3.8) is 0 Å². The first-order valence-electron chi connectivity index (χ1n) is 10.2. The minimum absolute atomic E-state index is 0.0382. The minimum Gasteiger partial charge on any atom is -0.504 e. The van der Waals surface area contributed by atoms with E-state index in [1.54, 1.807) is 6.07 Å². The lowest BCUT2D eigenvalue weighted by Crippen LogP contribution is -2.38. The predicted octanol–water partition coefficient (Wildman–Crippen LogP) is 2.07. The predicted molar refractivity (Wildman–Crippen MR) is 118 cm³/mol. The van der Waals surface area contributed by atoms with Crippen LogP contribution in [0.1, 0.15) is 0 Å². The van der Waals surface area contributed by atoms with Gasteiger partial charge in [0, 0.05) is 19.6 Å². The van der Waals surface area contributed by atoms with Gasteiger partial charge in [0.05, 0.1) is 40.8 Å². The number of para-hydroxylation sites is 2. The summed E-state index contributed by atoms with van der Waals surface area (Å²) in [6.07, 6.45) is 0. The summed E-state index contributed by atoms with van der Waals surface area (Å²) < 4.78 is 11.3. The first kappa shape index (κ1) is 19.4. The molecule has 0 saturated carbocycles. The van der Waals surface area contributed by atoms with Crippen molar-refractivity contribution in [3.05, 3.63) is 46.8 Å². The van der Waals surface area contributed by atoms with Crippen LogP contribution in [0.5, 0.6) is 11.5 Å². The van der Waals surface area contributed by atoms with Crippen molar-refractivity contribution in [2.45, 2.75) is 0 Å². The van der Waals surface area contributed by atoms with E-state index in [9.17, 15) is 9.90 Å². The van der Waals surface area contributed by atoms with Crippen LogP contribution in [0, 0.1) is 0 Å². The molecular weight excluding hydrogens is 398 g/mol. The zero-order chi connectivity index (χ0) is 21.4. The molecule has 0 aliphatic carbocycles. The van der Waals surface area contributed by atoms with Crippen molar-refractivity contribution in [2.75, 3.05) is 45.2 Å². The molecule has 0 unspecified atom stereocenters. The molecule has 4 aromatic rings. The number of aromatic nitrogens is 3. The van der Waals surface area contributed by atoms with Crippen LogP contribution < -0.4 is 16.0 Å². The number of phenolic OH excluding ortho intramolecular Hbond substituents is 1. The Hall–Kier alpha value is -3.56. The van der Waals surface area contributed by atoms with Crippen molar-refractivity contribution < 1.29 is 14.6 Å². The molecule has 9 nitrogen and oxygen atoms in total. The van der Waals surface area contributed by atoms with E-state index in [1.165, 1.54) is 6.07 Å². The molecule has 2 aromatic carbocycles. The third-order valence-corrected chi connectivity index (χ3v) is 5.53. The molecular formula is C22H23N5O4. The normalized spacial score (nSPS) is 15.0. The number of pyridine rings is 1. The Morgan fingerprint density at radius 3 is 2.74 bits per heavy atom. The number of hydrogen-bond acceptors (Lipinski definition) is 7. The van der Waals surface area contributed by atoms with Crippen molar-refractivity contribution in [1.29, 1.82) is 0 Å². The standard InChI is InChI=1S/C22H23N5O4/c23-19-17-15(5-6-16(28)20(17)31-12-9-27-7-10-30-11-8-27)26-22(29)18(19)21-24-13-3-1-2-4-14(13)25-21/h1-6,28H,7-12H2,(H,24,25)(H3,23,26,29). The summed E-state index contributed by atoms with van der Waals surface area (Å²) in [5, 5.41) is 10.9. The molecule has 1 aliphatic rings. The average molecular weight is 421 g/mol. The number of rotatable bonds is 5. The monoisotopic (exact) mass is 421 g/mol. The summed E-state index contributed by atoms with van der Waals surface area (Å²) >= 11 is 0. The SMILES string of the molecule is Nc1c(-c2nc3ccccc3[nH]2)c(=O)[nH]c2ccc(O)c(OCCN3CCOCC3)c12. The highest BCUT2D eigenvalue weighted by molar-refractivity contribution is 6.02. The molecule has 1 fully saturated rings. The molecule has 2 aromatic heterocycles. The summed E-state index contributed by atoms with van der Waals surface area (Å²) in [6, 6.07) is 10.6. The maximum Gasteiger partial charge on any atom is 0.261 e. The zero-order valence-corrected chi connectivity index (χ0v) is 16.9. The van der Waals surface area contributed by atoms with Crippen LogP contribution in [-0.4, -0.2) is 64.4 Å². The fourth-order valence-corrected chi connectivity index (χ4v) is 3.93. The Bertz CT molecular complexity index is 1270. The molecule has 1 saturated heterocycles. The van der Waals surface area contributed by atoms with Crippen LogP contribution >= 0.6 is 0 Å². The van der Waals surface area contributed by atoms with Gasteiger partial charge in [-0.1, -0.05) is 12.1 Å². The molecule has 0 bridgehead atoms. The Morgan fingerprint density at radius 2 is 1.94 bits per heavy atom. The van der Waals surface area contributed by atoms with E-state index in [2.05, 4.69) is 19.9 Å². The second-order valence-electron chi connectivity index (χ2n) is 7.48. The highest BCUT2D eigenvalue weighted by atomic mass is 16.5. The van der Waals surface area contributed by atoms with Gasteiger partial charge in [0.2, 0.25) is 0 Å². The molecule has 160 valence electrons. The Labute approximate surface area is 177 Å². The van der Waals surface area contributed by atoms with E-state index in [-0.39, 0.29) is 28.3 Å². The minimum atomic E-state index is -0.367. The Balaban J connectivity index is 1.55. The number of aromatic hydroxyl groups is 1. The summed E-state index contributed by atoms with van der Waals surface area (Å²) in [5.41, 5.74) is 8.53. The molecule has 1 aliphatic heterocycles. The number of fused-ring (bicyclic) bond motifs is 2. The van der Waals surface area contributed by atoms with Crippen molar-refractivity contribution in [3.8, 4) is 22.9 Å². The number of imidazole rings is 1. The number of nitrogens with two attached hydrogens (primary N) is 1. The van der Waals surface area contributed by atoms with Gasteiger partial charge >= 0.3 is 0 Å². The van der Waals surface area contributed by atoms with E-state index in [4.69, 9.17) is 15.2 Å². The second-order valence-corrected chi connectivity index (χ2v) is 7.48. The number of phenols is 1. The first-order chi connectivity index (χ1) is 15.1. The molecule has 31 heavy (non-hydrogen) atoms. The van der Waals surface area contributed by atoms with Gasteiger partial charge in [-0.15, -0.1) is 0 Å². The molecule has 5 N–H and O–H groups in total.